The molecule has 0 aliphatic heterocycles. The number of hydrogen-bond donors (Lipinski definition) is 1. The molecule has 3 nitrogen and oxygen atoms in total. The van der Waals surface area contributed by atoms with Gasteiger partial charge in [0.15, 0.2) is 0 Å². The van der Waals surface area contributed by atoms with Crippen LogP contribution in [0.1, 0.15) is 12.0 Å². The van der Waals surface area contributed by atoms with Crippen LogP contribution in [-0.4, -0.2) is 31.4 Å². The predicted molar refractivity (Wildman–Crippen MR) is 76.0 cm³/mol. The summed E-state index contributed by atoms with van der Waals surface area (Å²) < 4.78 is 7.32. The number of ether oxygens (including phenoxy) is 1. The number of rotatable bonds is 7. The number of fused-ring (bicyclic) bond motifs is 1. The van der Waals surface area contributed by atoms with Crippen molar-refractivity contribution in [2.75, 3.05) is 26.8 Å². The fourth-order valence-corrected chi connectivity index (χ4v) is 2.19. The van der Waals surface area contributed by atoms with E-state index in [1.807, 2.05) is 0 Å². The number of nitrogens with one attached hydrogen (secondary N) is 1. The van der Waals surface area contributed by atoms with E-state index >= 15 is 0 Å². The van der Waals surface area contributed by atoms with E-state index in [1.165, 1.54) is 16.5 Å². The molecule has 0 atom stereocenters. The van der Waals surface area contributed by atoms with E-state index in [4.69, 9.17) is 4.74 Å². The number of aromatic nitrogens is 1. The first-order chi connectivity index (χ1) is 8.81. The maximum atomic E-state index is 5.00. The zero-order chi connectivity index (χ0) is 12.8. The van der Waals surface area contributed by atoms with E-state index in [2.05, 4.69) is 47.3 Å². The molecule has 0 aliphatic carbocycles. The lowest BCUT2D eigenvalue weighted by Gasteiger charge is -2.07. The highest BCUT2D eigenvalue weighted by Crippen LogP contribution is 2.17. The van der Waals surface area contributed by atoms with Crippen molar-refractivity contribution in [3.63, 3.8) is 0 Å². The Balaban J connectivity index is 1.84. The highest BCUT2D eigenvalue weighted by molar-refractivity contribution is 5.80. The number of methoxy groups -OCH3 is 1. The topological polar surface area (TPSA) is 26.2 Å². The van der Waals surface area contributed by atoms with Crippen LogP contribution in [0.15, 0.2) is 30.5 Å². The van der Waals surface area contributed by atoms with Crippen LogP contribution in [0.3, 0.4) is 0 Å². The van der Waals surface area contributed by atoms with Gasteiger partial charge in [-0.3, -0.25) is 0 Å². The van der Waals surface area contributed by atoms with Gasteiger partial charge in [0.05, 0.1) is 6.61 Å². The van der Waals surface area contributed by atoms with Gasteiger partial charge in [-0.2, -0.15) is 0 Å². The van der Waals surface area contributed by atoms with Crippen molar-refractivity contribution in [2.24, 2.45) is 0 Å². The summed E-state index contributed by atoms with van der Waals surface area (Å²) in [5.41, 5.74) is 2.65. The third-order valence-electron chi connectivity index (χ3n) is 3.16. The minimum absolute atomic E-state index is 0.783. The Labute approximate surface area is 109 Å². The van der Waals surface area contributed by atoms with E-state index < -0.39 is 0 Å². The van der Waals surface area contributed by atoms with E-state index in [1.54, 1.807) is 7.11 Å². The van der Waals surface area contributed by atoms with Gasteiger partial charge in [0, 0.05) is 31.9 Å². The lowest BCUT2D eigenvalue weighted by atomic mass is 10.2. The first-order valence-electron chi connectivity index (χ1n) is 6.56. The Bertz CT molecular complexity index is 490. The van der Waals surface area contributed by atoms with Crippen molar-refractivity contribution in [2.45, 2.75) is 19.9 Å². The van der Waals surface area contributed by atoms with Crippen LogP contribution in [0.5, 0.6) is 0 Å². The molecule has 0 amide bonds. The SMILES string of the molecule is COCCNCCCn1ccc2cc(C)ccc21. The van der Waals surface area contributed by atoms with E-state index in [9.17, 15) is 0 Å². The maximum absolute atomic E-state index is 5.00. The molecule has 18 heavy (non-hydrogen) atoms. The molecule has 1 heterocycles. The van der Waals surface area contributed by atoms with Gasteiger partial charge in [0.25, 0.3) is 0 Å². The van der Waals surface area contributed by atoms with Gasteiger partial charge in [0.2, 0.25) is 0 Å². The van der Waals surface area contributed by atoms with Gasteiger partial charge < -0.3 is 14.6 Å². The molecule has 2 aromatic rings. The standard InChI is InChI=1S/C15H22N2O/c1-13-4-5-15-14(12-13)6-10-17(15)9-3-7-16-8-11-18-2/h4-6,10,12,16H,3,7-9,11H2,1-2H3. The summed E-state index contributed by atoms with van der Waals surface area (Å²) in [5, 5.41) is 4.70. The summed E-state index contributed by atoms with van der Waals surface area (Å²) in [7, 11) is 1.73. The lowest BCUT2D eigenvalue weighted by molar-refractivity contribution is 0.199. The quantitative estimate of drug-likeness (QED) is 0.760. The van der Waals surface area contributed by atoms with Crippen LogP contribution in [0.2, 0.25) is 0 Å². The highest BCUT2D eigenvalue weighted by atomic mass is 16.5. The molecule has 0 bridgehead atoms. The van der Waals surface area contributed by atoms with Crippen LogP contribution in [0.4, 0.5) is 0 Å². The van der Waals surface area contributed by atoms with Crippen molar-refractivity contribution in [1.29, 1.82) is 0 Å². The second-order valence-electron chi connectivity index (χ2n) is 4.67. The number of hydrogen-bond acceptors (Lipinski definition) is 2. The molecule has 1 aromatic heterocycles. The molecule has 98 valence electrons. The molecule has 0 unspecified atom stereocenters. The van der Waals surface area contributed by atoms with Gasteiger partial charge in [-0.1, -0.05) is 11.6 Å². The number of aryl methyl sites for hydroxylation is 2. The predicted octanol–water partition coefficient (Wildman–Crippen LogP) is 2.58. The maximum Gasteiger partial charge on any atom is 0.0587 e. The third-order valence-corrected chi connectivity index (χ3v) is 3.16. The lowest BCUT2D eigenvalue weighted by Crippen LogP contribution is -2.21. The normalized spacial score (nSPS) is 11.2. The summed E-state index contributed by atoms with van der Waals surface area (Å²) in [5.74, 6) is 0. The molecular formula is C15H22N2O. The molecule has 0 spiro atoms. The highest BCUT2D eigenvalue weighted by Gasteiger charge is 2.00. The number of nitrogens with zero attached hydrogens (tertiary/aromatic N) is 1. The first-order valence-corrected chi connectivity index (χ1v) is 6.56. The van der Waals surface area contributed by atoms with Crippen molar-refractivity contribution >= 4 is 10.9 Å². The van der Waals surface area contributed by atoms with Gasteiger partial charge >= 0.3 is 0 Å². The first kappa shape index (κ1) is 13.1. The molecule has 0 aliphatic rings. The Hall–Kier alpha value is -1.32. The van der Waals surface area contributed by atoms with E-state index in [0.717, 1.165) is 32.7 Å². The monoisotopic (exact) mass is 246 g/mol. The largest absolute Gasteiger partial charge is 0.383 e. The van der Waals surface area contributed by atoms with Crippen LogP contribution in [-0.2, 0) is 11.3 Å². The van der Waals surface area contributed by atoms with Crippen molar-refractivity contribution in [3.05, 3.63) is 36.0 Å². The average molecular weight is 246 g/mol. The van der Waals surface area contributed by atoms with Crippen LogP contribution < -0.4 is 5.32 Å². The second-order valence-corrected chi connectivity index (χ2v) is 4.67. The molecule has 1 aromatic carbocycles. The van der Waals surface area contributed by atoms with E-state index in [0.29, 0.717) is 0 Å². The van der Waals surface area contributed by atoms with Gasteiger partial charge in [-0.15, -0.1) is 0 Å². The third kappa shape index (κ3) is 3.34. The summed E-state index contributed by atoms with van der Waals surface area (Å²) in [6, 6.07) is 8.82. The minimum Gasteiger partial charge on any atom is -0.383 e. The summed E-state index contributed by atoms with van der Waals surface area (Å²) in [4.78, 5) is 0. The molecule has 3 heteroatoms. The fraction of sp³-hybridized carbons (Fsp3) is 0.467. The molecule has 0 radical (unpaired) electrons. The zero-order valence-corrected chi connectivity index (χ0v) is 11.3. The molecule has 1 N–H and O–H groups in total. The van der Waals surface area contributed by atoms with Gasteiger partial charge in [-0.25, -0.2) is 0 Å². The molecule has 0 saturated heterocycles. The minimum atomic E-state index is 0.783. The van der Waals surface area contributed by atoms with Crippen molar-refractivity contribution in [3.8, 4) is 0 Å². The zero-order valence-electron chi connectivity index (χ0n) is 11.3. The van der Waals surface area contributed by atoms with Crippen molar-refractivity contribution < 1.29 is 4.74 Å². The summed E-state index contributed by atoms with van der Waals surface area (Å²) >= 11 is 0. The molecule has 2 rings (SSSR count). The Morgan fingerprint density at radius 2 is 2.11 bits per heavy atom. The van der Waals surface area contributed by atoms with E-state index in [-0.39, 0.29) is 0 Å². The average Bonchev–Trinajstić information content (AvgIpc) is 2.76. The summed E-state index contributed by atoms with van der Waals surface area (Å²) in [6.07, 6.45) is 3.32. The summed E-state index contributed by atoms with van der Waals surface area (Å²) in [6.45, 7) is 5.95. The fourth-order valence-electron chi connectivity index (χ4n) is 2.19. The Kier molecular flexibility index (Phi) is 4.79. The van der Waals surface area contributed by atoms with Crippen LogP contribution >= 0.6 is 0 Å². The number of benzene rings is 1. The Morgan fingerprint density at radius 3 is 2.94 bits per heavy atom. The van der Waals surface area contributed by atoms with Gasteiger partial charge in [0.1, 0.15) is 0 Å². The Morgan fingerprint density at radius 1 is 1.22 bits per heavy atom. The molecule has 0 saturated carbocycles. The second kappa shape index (κ2) is 6.57. The van der Waals surface area contributed by atoms with Crippen LogP contribution in [0, 0.1) is 6.92 Å². The molecule has 0 fully saturated rings. The van der Waals surface area contributed by atoms with Crippen LogP contribution in [0.25, 0.3) is 10.9 Å². The van der Waals surface area contributed by atoms with Gasteiger partial charge in [-0.05, 0) is 43.5 Å². The smallest absolute Gasteiger partial charge is 0.0587 e. The van der Waals surface area contributed by atoms with Crippen molar-refractivity contribution in [1.82, 2.24) is 9.88 Å². The molecular weight excluding hydrogens is 224 g/mol.